The van der Waals surface area contributed by atoms with E-state index in [9.17, 15) is 4.39 Å². The van der Waals surface area contributed by atoms with E-state index in [0.717, 1.165) is 25.1 Å². The highest BCUT2D eigenvalue weighted by Gasteiger charge is 2.46. The van der Waals surface area contributed by atoms with Crippen LogP contribution in [0.15, 0.2) is 18.2 Å². The molecule has 1 nitrogen and oxygen atoms in total. The Hall–Kier alpha value is -0.600. The Balaban J connectivity index is 2.19. The van der Waals surface area contributed by atoms with Gasteiger partial charge in [0.05, 0.1) is 0 Å². The summed E-state index contributed by atoms with van der Waals surface area (Å²) in [5.41, 5.74) is 1.19. The summed E-state index contributed by atoms with van der Waals surface area (Å²) in [5, 5.41) is 4.11. The molecule has 1 fully saturated rings. The number of hydrogen-bond donors (Lipinski definition) is 1. The molecule has 1 aliphatic carbocycles. The zero-order valence-electron chi connectivity index (χ0n) is 12.0. The van der Waals surface area contributed by atoms with Crippen molar-refractivity contribution in [3.63, 3.8) is 0 Å². The molecule has 1 aromatic carbocycles. The average Bonchev–Trinajstić information content (AvgIpc) is 2.33. The molecule has 1 aliphatic rings. The van der Waals surface area contributed by atoms with Gasteiger partial charge in [0.1, 0.15) is 5.82 Å². The largest absolute Gasteiger partial charge is 0.316 e. The fourth-order valence-electron chi connectivity index (χ4n) is 3.02. The monoisotopic (exact) mass is 283 g/mol. The Kier molecular flexibility index (Phi) is 4.52. The lowest BCUT2D eigenvalue weighted by atomic mass is 9.57. The van der Waals surface area contributed by atoms with E-state index in [0.29, 0.717) is 16.9 Å². The fraction of sp³-hybridized carbons (Fsp3) is 0.625. The molecule has 106 valence electrons. The van der Waals surface area contributed by atoms with E-state index in [4.69, 9.17) is 11.6 Å². The molecule has 3 heteroatoms. The molecule has 0 saturated heterocycles. The van der Waals surface area contributed by atoms with Gasteiger partial charge in [-0.05, 0) is 48.9 Å². The van der Waals surface area contributed by atoms with Crippen LogP contribution in [0.25, 0.3) is 0 Å². The highest BCUT2D eigenvalue weighted by atomic mass is 35.5. The second-order valence-electron chi connectivity index (χ2n) is 6.24. The lowest BCUT2D eigenvalue weighted by molar-refractivity contribution is 0.133. The van der Waals surface area contributed by atoms with Gasteiger partial charge in [-0.3, -0.25) is 0 Å². The minimum Gasteiger partial charge on any atom is -0.316 e. The molecule has 0 spiro atoms. The van der Waals surface area contributed by atoms with Gasteiger partial charge < -0.3 is 5.32 Å². The maximum Gasteiger partial charge on any atom is 0.124 e. The Bertz CT molecular complexity index is 446. The normalized spacial score (nSPS) is 26.5. The summed E-state index contributed by atoms with van der Waals surface area (Å²) < 4.78 is 13.2. The topological polar surface area (TPSA) is 12.0 Å². The Labute approximate surface area is 120 Å². The van der Waals surface area contributed by atoms with E-state index in [-0.39, 0.29) is 11.2 Å². The van der Waals surface area contributed by atoms with Crippen LogP contribution in [0.1, 0.15) is 39.2 Å². The molecule has 0 bridgehead atoms. The maximum atomic E-state index is 13.2. The van der Waals surface area contributed by atoms with E-state index in [1.165, 1.54) is 18.6 Å². The van der Waals surface area contributed by atoms with Crippen LogP contribution in [0.4, 0.5) is 4.39 Å². The van der Waals surface area contributed by atoms with Gasteiger partial charge in [-0.1, -0.05) is 38.4 Å². The third kappa shape index (κ3) is 2.95. The molecule has 2 rings (SSSR count). The smallest absolute Gasteiger partial charge is 0.124 e. The van der Waals surface area contributed by atoms with Crippen molar-refractivity contribution in [3.05, 3.63) is 34.6 Å². The van der Waals surface area contributed by atoms with Crippen molar-refractivity contribution < 1.29 is 4.39 Å². The van der Waals surface area contributed by atoms with Crippen LogP contribution in [0.5, 0.6) is 0 Å². The second kappa shape index (κ2) is 5.80. The molecule has 0 heterocycles. The van der Waals surface area contributed by atoms with Crippen LogP contribution in [-0.2, 0) is 5.41 Å². The molecule has 2 atom stereocenters. The highest BCUT2D eigenvalue weighted by Crippen LogP contribution is 2.50. The van der Waals surface area contributed by atoms with Gasteiger partial charge in [-0.15, -0.1) is 0 Å². The second-order valence-corrected chi connectivity index (χ2v) is 6.65. The van der Waals surface area contributed by atoms with Gasteiger partial charge in [0.25, 0.3) is 0 Å². The highest BCUT2D eigenvalue weighted by molar-refractivity contribution is 6.31. The molecular weight excluding hydrogens is 261 g/mol. The molecule has 0 aliphatic heterocycles. The summed E-state index contributed by atoms with van der Waals surface area (Å²) in [6, 6.07) is 4.83. The third-order valence-electron chi connectivity index (χ3n) is 4.43. The van der Waals surface area contributed by atoms with Crippen molar-refractivity contribution in [1.82, 2.24) is 5.32 Å². The molecule has 0 amide bonds. The van der Waals surface area contributed by atoms with Crippen molar-refractivity contribution in [1.29, 1.82) is 0 Å². The van der Waals surface area contributed by atoms with E-state index < -0.39 is 0 Å². The Morgan fingerprint density at radius 1 is 1.47 bits per heavy atom. The first-order chi connectivity index (χ1) is 8.95. The van der Waals surface area contributed by atoms with Crippen molar-refractivity contribution in [2.24, 2.45) is 11.8 Å². The summed E-state index contributed by atoms with van der Waals surface area (Å²) in [5.74, 6) is 0.970. The van der Waals surface area contributed by atoms with Crippen molar-refractivity contribution in [3.8, 4) is 0 Å². The SMILES string of the molecule is CC(C)CNCC1(c2ccc(F)cc2Cl)CCC1C. The van der Waals surface area contributed by atoms with E-state index in [2.05, 4.69) is 26.1 Å². The summed E-state index contributed by atoms with van der Waals surface area (Å²) in [6.07, 6.45) is 2.35. The van der Waals surface area contributed by atoms with E-state index in [1.54, 1.807) is 0 Å². The summed E-state index contributed by atoms with van der Waals surface area (Å²) in [4.78, 5) is 0. The van der Waals surface area contributed by atoms with Crippen LogP contribution in [-0.4, -0.2) is 13.1 Å². The van der Waals surface area contributed by atoms with Crippen LogP contribution in [0.3, 0.4) is 0 Å². The summed E-state index contributed by atoms with van der Waals surface area (Å²) in [6.45, 7) is 8.61. The maximum absolute atomic E-state index is 13.2. The molecule has 1 saturated carbocycles. The molecule has 1 aromatic rings. The van der Waals surface area contributed by atoms with Gasteiger partial charge in [0, 0.05) is 17.0 Å². The molecule has 0 radical (unpaired) electrons. The van der Waals surface area contributed by atoms with Crippen LogP contribution in [0.2, 0.25) is 5.02 Å². The van der Waals surface area contributed by atoms with Crippen molar-refractivity contribution in [2.45, 2.75) is 39.0 Å². The number of hydrogen-bond acceptors (Lipinski definition) is 1. The average molecular weight is 284 g/mol. The standard InChI is InChI=1S/C16H23ClFN/c1-11(2)9-19-10-16(7-6-12(16)3)14-5-4-13(18)8-15(14)17/h4-5,8,11-12,19H,6-7,9-10H2,1-3H3. The first kappa shape index (κ1) is 14.8. The fourth-order valence-corrected chi connectivity index (χ4v) is 3.37. The predicted octanol–water partition coefficient (Wildman–Crippen LogP) is 4.39. The zero-order chi connectivity index (χ0) is 14.0. The minimum absolute atomic E-state index is 0.0830. The van der Waals surface area contributed by atoms with Gasteiger partial charge >= 0.3 is 0 Å². The first-order valence-corrected chi connectivity index (χ1v) is 7.50. The quantitative estimate of drug-likeness (QED) is 0.845. The van der Waals surface area contributed by atoms with Gasteiger partial charge in [-0.25, -0.2) is 4.39 Å². The summed E-state index contributed by atoms with van der Waals surface area (Å²) in [7, 11) is 0. The number of nitrogens with one attached hydrogen (secondary N) is 1. The lowest BCUT2D eigenvalue weighted by Crippen LogP contribution is -2.50. The van der Waals surface area contributed by atoms with Crippen LogP contribution in [0, 0.1) is 17.7 Å². The summed E-state index contributed by atoms with van der Waals surface area (Å²) >= 11 is 6.27. The van der Waals surface area contributed by atoms with Gasteiger partial charge in [0.15, 0.2) is 0 Å². The van der Waals surface area contributed by atoms with Gasteiger partial charge in [-0.2, -0.15) is 0 Å². The molecule has 0 aromatic heterocycles. The number of rotatable bonds is 5. The molecule has 1 N–H and O–H groups in total. The van der Waals surface area contributed by atoms with Crippen LogP contribution >= 0.6 is 11.6 Å². The van der Waals surface area contributed by atoms with Crippen molar-refractivity contribution >= 4 is 11.6 Å². The molecule has 2 unspecified atom stereocenters. The Morgan fingerprint density at radius 3 is 2.68 bits per heavy atom. The molecular formula is C16H23ClFN. The van der Waals surface area contributed by atoms with Crippen molar-refractivity contribution in [2.75, 3.05) is 13.1 Å². The van der Waals surface area contributed by atoms with E-state index in [1.807, 2.05) is 6.07 Å². The van der Waals surface area contributed by atoms with E-state index >= 15 is 0 Å². The van der Waals surface area contributed by atoms with Gasteiger partial charge in [0.2, 0.25) is 0 Å². The molecule has 19 heavy (non-hydrogen) atoms. The predicted molar refractivity (Wildman–Crippen MR) is 79.2 cm³/mol. The number of halogens is 2. The third-order valence-corrected chi connectivity index (χ3v) is 4.74. The zero-order valence-corrected chi connectivity index (χ0v) is 12.7. The minimum atomic E-state index is -0.258. The van der Waals surface area contributed by atoms with Crippen LogP contribution < -0.4 is 5.32 Å². The Morgan fingerprint density at radius 2 is 2.21 bits per heavy atom. The number of benzene rings is 1. The first-order valence-electron chi connectivity index (χ1n) is 7.12. The lowest BCUT2D eigenvalue weighted by Gasteiger charge is -2.49.